The van der Waals surface area contributed by atoms with E-state index in [1.54, 1.807) is 35.6 Å². The van der Waals surface area contributed by atoms with Gasteiger partial charge in [0, 0.05) is 61.7 Å². The van der Waals surface area contributed by atoms with Crippen LogP contribution in [0.25, 0.3) is 0 Å². The minimum atomic E-state index is -6.35. The fraction of sp³-hybridized carbons (Fsp3) is 0.182. The summed E-state index contributed by atoms with van der Waals surface area (Å²) in [5.41, 5.74) is 0.435. The monoisotopic (exact) mass is 987 g/mol. The van der Waals surface area contributed by atoms with Gasteiger partial charge < -0.3 is 35.7 Å². The third-order valence-corrected chi connectivity index (χ3v) is 8.97. The maximum absolute atomic E-state index is 13.2. The van der Waals surface area contributed by atoms with Crippen molar-refractivity contribution in [3.63, 3.8) is 0 Å². The number of aromatic nitrogens is 4. The zero-order valence-corrected chi connectivity index (χ0v) is 34.5. The molecule has 0 saturated carbocycles. The molecule has 4 aromatic rings. The number of azo groups is 1. The molecule has 0 fully saturated rings. The number of hydrogen-bond donors (Lipinski definition) is 3. The number of carbonyl (C=O) groups excluding carboxylic acids is 2. The van der Waals surface area contributed by atoms with Crippen molar-refractivity contribution >= 4 is 73.0 Å². The molecule has 0 bridgehead atoms. The number of benzene rings is 1. The molecule has 3 N–H and O–H groups in total. The minimum Gasteiger partial charge on any atom is -0.506 e. The van der Waals surface area contributed by atoms with Crippen LogP contribution in [0.1, 0.15) is 0 Å². The van der Waals surface area contributed by atoms with Crippen LogP contribution in [0.2, 0.25) is 0 Å². The van der Waals surface area contributed by atoms with Crippen molar-refractivity contribution in [1.29, 1.82) is 0 Å². The zero-order valence-electron chi connectivity index (χ0n) is 31.8. The summed E-state index contributed by atoms with van der Waals surface area (Å²) in [6.45, 7) is -1.89. The summed E-state index contributed by atoms with van der Waals surface area (Å²) in [4.78, 5) is 48.9. The fourth-order valence-electron chi connectivity index (χ4n) is 4.15. The number of aliphatic hydroxyl groups excluding tert-OH is 2. The molecule has 341 valence electrons. The van der Waals surface area contributed by atoms with Gasteiger partial charge in [-0.25, -0.2) is 9.13 Å². The van der Waals surface area contributed by atoms with Crippen molar-refractivity contribution < 1.29 is 81.7 Å². The van der Waals surface area contributed by atoms with Gasteiger partial charge in [-0.1, -0.05) is 27.8 Å². The number of imidazole rings is 1. The van der Waals surface area contributed by atoms with Crippen LogP contribution in [-0.2, 0) is 40.5 Å². The van der Waals surface area contributed by atoms with Crippen LogP contribution in [0.5, 0.6) is 0 Å². The number of alkyl halides is 7. The van der Waals surface area contributed by atoms with E-state index in [1.807, 2.05) is 5.32 Å². The number of allylic oxidation sites excluding steroid dienone is 6. The van der Waals surface area contributed by atoms with Crippen molar-refractivity contribution in [3.8, 4) is 0 Å². The molecule has 21 nitrogen and oxygen atoms in total. The molecule has 1 radical (unpaired) electrons. The Hall–Kier alpha value is -7.25. The van der Waals surface area contributed by atoms with Crippen molar-refractivity contribution in [3.05, 3.63) is 127 Å². The topological polar surface area (TPSA) is 284 Å². The first-order valence-electron chi connectivity index (χ1n) is 16.6. The van der Waals surface area contributed by atoms with Crippen LogP contribution in [0.3, 0.4) is 0 Å². The molecule has 0 atom stereocenters. The van der Waals surface area contributed by atoms with Gasteiger partial charge in [0.1, 0.15) is 28.6 Å². The van der Waals surface area contributed by atoms with E-state index in [0.29, 0.717) is 11.6 Å². The third kappa shape index (κ3) is 13.9. The zero-order chi connectivity index (χ0) is 46.7. The van der Waals surface area contributed by atoms with E-state index >= 15 is 0 Å². The minimum absolute atomic E-state index is 0. The first-order valence-corrected chi connectivity index (χ1v) is 18.2. The summed E-state index contributed by atoms with van der Waals surface area (Å²) in [7, 11) is 3.50. The van der Waals surface area contributed by atoms with Gasteiger partial charge in [-0.15, -0.1) is 0 Å². The number of aliphatic hydroxyl groups is 2. The summed E-state index contributed by atoms with van der Waals surface area (Å²) in [6.07, 6.45) is 6.31. The van der Waals surface area contributed by atoms with Gasteiger partial charge in [0.05, 0.1) is 42.9 Å². The molecule has 31 heteroatoms. The molecule has 6 rings (SSSR count). The molecule has 0 spiro atoms. The number of hydrogen-bond acceptors (Lipinski definition) is 17. The van der Waals surface area contributed by atoms with Gasteiger partial charge in [-0.2, -0.15) is 30.7 Å². The normalized spacial score (nSPS) is 15.9. The SMILES string of the molecule is Cn1cc[n+](C)c1N=Nc1ccc(NCC(F)(F)C(F)(F)C(F)(F)F)cc1.O=C1C=CC(=NN=c2[n-]cc([N+](=O)[O-])s2)C(O)=C1.O=C1C=CC(=NN=c2[n-]cc([N+](=O)[O-])s2)C(O)=C1.[Co]. The number of rotatable bonds is 10. The van der Waals surface area contributed by atoms with E-state index in [0.717, 1.165) is 47.2 Å². The second kappa shape index (κ2) is 21.7. The summed E-state index contributed by atoms with van der Waals surface area (Å²) >= 11 is 1.51. The second-order valence-corrected chi connectivity index (χ2v) is 13.8. The molecule has 0 aliphatic heterocycles. The summed E-state index contributed by atoms with van der Waals surface area (Å²) in [6, 6.07) is 5.10. The number of nitrogens with one attached hydrogen (secondary N) is 1. The van der Waals surface area contributed by atoms with E-state index in [2.05, 4.69) is 40.6 Å². The van der Waals surface area contributed by atoms with Crippen LogP contribution >= 0.6 is 22.7 Å². The Labute approximate surface area is 369 Å². The van der Waals surface area contributed by atoms with Crippen LogP contribution < -0.4 is 29.5 Å². The number of nitrogens with zero attached hydrogens (tertiary/aromatic N) is 12. The van der Waals surface area contributed by atoms with E-state index < -0.39 is 34.4 Å². The number of carbonyl (C=O) groups is 2. The Bertz CT molecular complexity index is 2610. The summed E-state index contributed by atoms with van der Waals surface area (Å²) in [5, 5.41) is 63.7. The fourth-order valence-corrected chi connectivity index (χ4v) is 5.25. The molecule has 3 aromatic heterocycles. The van der Waals surface area contributed by atoms with Crippen LogP contribution in [0.4, 0.5) is 58.1 Å². The average Bonchev–Trinajstić information content (AvgIpc) is 3.97. The molecular formula is C33H25CoF7N13O8S2-. The quantitative estimate of drug-likeness (QED) is 0.0451. The van der Waals surface area contributed by atoms with E-state index in [-0.39, 0.29) is 76.6 Å². The molecule has 2 aliphatic rings. The van der Waals surface area contributed by atoms with Crippen LogP contribution in [-0.4, -0.2) is 72.2 Å². The summed E-state index contributed by atoms with van der Waals surface area (Å²) in [5.74, 6) is -12.3. The number of aryl methyl sites for hydroxylation is 2. The van der Waals surface area contributed by atoms with Gasteiger partial charge in [-0.05, 0) is 48.6 Å². The largest absolute Gasteiger partial charge is 0.506 e. The Balaban J connectivity index is 0.000000261. The molecule has 2 aliphatic carbocycles. The molecule has 1 aromatic carbocycles. The van der Waals surface area contributed by atoms with Gasteiger partial charge in [0.2, 0.25) is 0 Å². The predicted molar refractivity (Wildman–Crippen MR) is 206 cm³/mol. The second-order valence-electron chi connectivity index (χ2n) is 11.9. The van der Waals surface area contributed by atoms with Crippen molar-refractivity contribution in [2.24, 2.45) is 44.7 Å². The molecule has 3 heterocycles. The Kier molecular flexibility index (Phi) is 17.3. The first-order chi connectivity index (χ1) is 29.5. The van der Waals surface area contributed by atoms with Crippen LogP contribution in [0, 0.1) is 20.2 Å². The molecule has 0 unspecified atom stereocenters. The third-order valence-electron chi connectivity index (χ3n) is 7.30. The Morgan fingerprint density at radius 1 is 0.781 bits per heavy atom. The first kappa shape index (κ1) is 51.1. The summed E-state index contributed by atoms with van der Waals surface area (Å²) < 4.78 is 91.8. The van der Waals surface area contributed by atoms with Crippen molar-refractivity contribution in [2.75, 3.05) is 11.9 Å². The van der Waals surface area contributed by atoms with Crippen molar-refractivity contribution in [1.82, 2.24) is 14.5 Å². The Morgan fingerprint density at radius 3 is 1.62 bits per heavy atom. The standard InChI is InChI=1S/C15H14F7N5.2C9H6N4O4S.Co/c1-26-7-8-27(2)12(26)25-24-11-5-3-10(4-6-11)23-9-13(16,17)14(18,19)15(20,21)22;2*14-5-1-2-6(7(15)3-5)11-12-9-10-4-8(18-9)13(16)17;/h3-8H,9H2,1-2H3;2*1-4H,(H2,10,12,14,15);/p-1. The van der Waals surface area contributed by atoms with Gasteiger partial charge >= 0.3 is 34.0 Å². The number of halogens is 7. The van der Waals surface area contributed by atoms with E-state index in [9.17, 15) is 70.8 Å². The number of thiazole rings is 2. The van der Waals surface area contributed by atoms with Gasteiger partial charge in [0.25, 0.3) is 0 Å². The average molecular weight is 988 g/mol. The van der Waals surface area contributed by atoms with Gasteiger partial charge in [0.15, 0.2) is 11.6 Å². The van der Waals surface area contributed by atoms with E-state index in [4.69, 9.17) is 0 Å². The molecule has 0 saturated heterocycles. The Morgan fingerprint density at radius 2 is 1.25 bits per heavy atom. The molecule has 64 heavy (non-hydrogen) atoms. The molecule has 0 amide bonds. The number of ketones is 2. The smallest absolute Gasteiger partial charge is 0.459 e. The van der Waals surface area contributed by atoms with Crippen molar-refractivity contribution in [2.45, 2.75) is 18.0 Å². The predicted octanol–water partition coefficient (Wildman–Crippen LogP) is 5.41. The van der Waals surface area contributed by atoms with Crippen LogP contribution in [0.15, 0.2) is 128 Å². The number of anilines is 1. The maximum atomic E-state index is 13.2. The van der Waals surface area contributed by atoms with Gasteiger partial charge in [-0.3, -0.25) is 40.0 Å². The van der Waals surface area contributed by atoms with E-state index in [1.165, 1.54) is 48.6 Å². The maximum Gasteiger partial charge on any atom is 0.459 e. The molecular weight excluding hydrogens is 962 g/mol. The number of nitro groups is 2.